The predicted octanol–water partition coefficient (Wildman–Crippen LogP) is 1.38. The van der Waals surface area contributed by atoms with E-state index in [4.69, 9.17) is 0 Å². The van der Waals surface area contributed by atoms with Crippen LogP contribution in [0.2, 0.25) is 0 Å². The van der Waals surface area contributed by atoms with Crippen molar-refractivity contribution in [2.45, 2.75) is 31.6 Å². The smallest absolute Gasteiger partial charge is 0.342 e. The summed E-state index contributed by atoms with van der Waals surface area (Å²) in [6.07, 6.45) is -3.36. The number of aromatic nitrogens is 2. The van der Waals surface area contributed by atoms with Crippen LogP contribution in [-0.2, 0) is 6.54 Å². The van der Waals surface area contributed by atoms with Crippen molar-refractivity contribution in [2.24, 2.45) is 0 Å². The third-order valence-electron chi connectivity index (χ3n) is 2.78. The Bertz CT molecular complexity index is 468. The molecule has 4 nitrogen and oxygen atoms in total. The number of fused-ring (bicyclic) bond motifs is 1. The quantitative estimate of drug-likeness (QED) is 0.736. The highest BCUT2D eigenvalue weighted by Crippen LogP contribution is 2.37. The van der Waals surface area contributed by atoms with E-state index in [1.807, 2.05) is 0 Å². The highest BCUT2D eigenvalue weighted by molar-refractivity contribution is 5.33. The molecule has 0 saturated heterocycles. The number of hydrogen-bond acceptors (Lipinski definition) is 3. The molecule has 0 radical (unpaired) electrons. The summed E-state index contributed by atoms with van der Waals surface area (Å²) in [6, 6.07) is 1.22. The zero-order valence-electron chi connectivity index (χ0n) is 8.51. The molecule has 0 aliphatic carbocycles. The first-order valence-electron chi connectivity index (χ1n) is 4.74. The van der Waals surface area contributed by atoms with Crippen LogP contribution in [-0.4, -0.2) is 21.3 Å². The predicted molar refractivity (Wildman–Crippen MR) is 51.2 cm³/mol. The van der Waals surface area contributed by atoms with E-state index in [1.165, 1.54) is 16.8 Å². The van der Waals surface area contributed by atoms with Gasteiger partial charge in [0.1, 0.15) is 5.54 Å². The van der Waals surface area contributed by atoms with Gasteiger partial charge in [0, 0.05) is 18.8 Å². The van der Waals surface area contributed by atoms with Gasteiger partial charge < -0.3 is 5.32 Å². The second kappa shape index (κ2) is 3.23. The summed E-state index contributed by atoms with van der Waals surface area (Å²) in [4.78, 5) is 15.1. The van der Waals surface area contributed by atoms with Gasteiger partial charge >= 0.3 is 6.18 Å². The van der Waals surface area contributed by atoms with Crippen LogP contribution in [0.3, 0.4) is 0 Å². The summed E-state index contributed by atoms with van der Waals surface area (Å²) in [6.45, 7) is 1.08. The summed E-state index contributed by atoms with van der Waals surface area (Å²) in [5.74, 6) is -0.0291. The molecule has 2 heterocycles. The van der Waals surface area contributed by atoms with Crippen molar-refractivity contribution in [3.05, 3.63) is 22.6 Å². The number of nitrogens with one attached hydrogen (secondary N) is 1. The molecule has 1 aliphatic heterocycles. The van der Waals surface area contributed by atoms with Gasteiger partial charge in [-0.15, -0.1) is 0 Å². The molecule has 1 aromatic heterocycles. The van der Waals surface area contributed by atoms with Crippen LogP contribution in [0.5, 0.6) is 0 Å². The van der Waals surface area contributed by atoms with Crippen LogP contribution >= 0.6 is 0 Å². The fourth-order valence-electron chi connectivity index (χ4n) is 1.61. The fourth-order valence-corrected chi connectivity index (χ4v) is 1.61. The molecule has 0 spiro atoms. The van der Waals surface area contributed by atoms with Gasteiger partial charge in [-0.25, -0.2) is 4.98 Å². The molecule has 88 valence electrons. The number of hydrogen-bond donors (Lipinski definition) is 1. The highest BCUT2D eigenvalue weighted by Gasteiger charge is 2.52. The van der Waals surface area contributed by atoms with Crippen LogP contribution in [0.15, 0.2) is 17.1 Å². The Morgan fingerprint density at radius 2 is 2.25 bits per heavy atom. The van der Waals surface area contributed by atoms with Crippen LogP contribution in [0.4, 0.5) is 19.1 Å². The highest BCUT2D eigenvalue weighted by atomic mass is 19.4. The van der Waals surface area contributed by atoms with Crippen LogP contribution in [0, 0.1) is 0 Å². The Labute approximate surface area is 89.1 Å². The molecule has 1 unspecified atom stereocenters. The molecular formula is C9H10F3N3O. The maximum Gasteiger partial charge on any atom is 0.411 e. The van der Waals surface area contributed by atoms with Crippen LogP contribution in [0.25, 0.3) is 0 Å². The maximum atomic E-state index is 12.7. The van der Waals surface area contributed by atoms with Gasteiger partial charge in [0.15, 0.2) is 0 Å². The van der Waals surface area contributed by atoms with Crippen molar-refractivity contribution in [2.75, 3.05) is 5.32 Å². The molecule has 16 heavy (non-hydrogen) atoms. The molecule has 1 aromatic rings. The summed E-state index contributed by atoms with van der Waals surface area (Å²) in [7, 11) is 0. The molecule has 0 fully saturated rings. The Balaban J connectivity index is 2.42. The number of nitrogens with zero attached hydrogens (tertiary/aromatic N) is 2. The van der Waals surface area contributed by atoms with Crippen LogP contribution in [0.1, 0.15) is 13.3 Å². The Morgan fingerprint density at radius 3 is 2.88 bits per heavy atom. The summed E-state index contributed by atoms with van der Waals surface area (Å²) < 4.78 is 39.4. The Kier molecular flexibility index (Phi) is 2.21. The van der Waals surface area contributed by atoms with Crippen molar-refractivity contribution in [1.82, 2.24) is 9.55 Å². The minimum Gasteiger partial charge on any atom is -0.342 e. The lowest BCUT2D eigenvalue weighted by molar-refractivity contribution is -0.178. The van der Waals surface area contributed by atoms with Gasteiger partial charge in [0.25, 0.3) is 5.56 Å². The molecule has 0 bridgehead atoms. The molecule has 2 rings (SSSR count). The van der Waals surface area contributed by atoms with Crippen molar-refractivity contribution < 1.29 is 13.2 Å². The van der Waals surface area contributed by atoms with Gasteiger partial charge in [0.05, 0.1) is 0 Å². The van der Waals surface area contributed by atoms with E-state index in [1.54, 1.807) is 0 Å². The van der Waals surface area contributed by atoms with E-state index < -0.39 is 11.7 Å². The SMILES string of the molecule is CC1(C(F)(F)F)CCn2c(nccc2=O)N1. The lowest BCUT2D eigenvalue weighted by Gasteiger charge is -2.37. The third kappa shape index (κ3) is 1.56. The van der Waals surface area contributed by atoms with Gasteiger partial charge in [0.2, 0.25) is 5.95 Å². The van der Waals surface area contributed by atoms with E-state index in [-0.39, 0.29) is 24.5 Å². The van der Waals surface area contributed by atoms with Gasteiger partial charge in [-0.1, -0.05) is 0 Å². The molecule has 7 heteroatoms. The third-order valence-corrected chi connectivity index (χ3v) is 2.78. The first kappa shape index (κ1) is 11.0. The molecule has 0 amide bonds. The molecule has 0 saturated carbocycles. The van der Waals surface area contributed by atoms with E-state index in [2.05, 4.69) is 10.3 Å². The largest absolute Gasteiger partial charge is 0.411 e. The molecule has 1 atom stereocenters. The number of anilines is 1. The number of halogens is 3. The molecule has 0 aromatic carbocycles. The van der Waals surface area contributed by atoms with Crippen molar-refractivity contribution in [3.8, 4) is 0 Å². The van der Waals surface area contributed by atoms with Crippen LogP contribution < -0.4 is 10.9 Å². The summed E-state index contributed by atoms with van der Waals surface area (Å²) in [5, 5.41) is 2.28. The van der Waals surface area contributed by atoms with Gasteiger partial charge in [-0.2, -0.15) is 13.2 Å². The van der Waals surface area contributed by atoms with E-state index >= 15 is 0 Å². The van der Waals surface area contributed by atoms with E-state index in [0.717, 1.165) is 6.92 Å². The number of alkyl halides is 3. The number of rotatable bonds is 0. The standard InChI is InChI=1S/C9H10F3N3O/c1-8(9(10,11)12)3-5-15-6(16)2-4-13-7(15)14-8/h2,4H,3,5H2,1H3,(H,13,14). The summed E-state index contributed by atoms with van der Waals surface area (Å²) >= 11 is 0. The normalized spacial score (nSPS) is 24.8. The monoisotopic (exact) mass is 233 g/mol. The fraction of sp³-hybridized carbons (Fsp3) is 0.556. The van der Waals surface area contributed by atoms with Crippen molar-refractivity contribution in [3.63, 3.8) is 0 Å². The van der Waals surface area contributed by atoms with E-state index in [9.17, 15) is 18.0 Å². The second-order valence-electron chi connectivity index (χ2n) is 3.96. The van der Waals surface area contributed by atoms with Crippen molar-refractivity contribution in [1.29, 1.82) is 0 Å². The Hall–Kier alpha value is -1.53. The maximum absolute atomic E-state index is 12.7. The Morgan fingerprint density at radius 1 is 1.56 bits per heavy atom. The molecule has 1 N–H and O–H groups in total. The van der Waals surface area contributed by atoms with Gasteiger partial charge in [-0.3, -0.25) is 9.36 Å². The minimum atomic E-state index is -4.37. The zero-order valence-corrected chi connectivity index (χ0v) is 8.51. The second-order valence-corrected chi connectivity index (χ2v) is 3.96. The average Bonchev–Trinajstić information content (AvgIpc) is 2.16. The van der Waals surface area contributed by atoms with E-state index in [0.29, 0.717) is 0 Å². The lowest BCUT2D eigenvalue weighted by Crippen LogP contribution is -2.54. The first-order valence-corrected chi connectivity index (χ1v) is 4.74. The average molecular weight is 233 g/mol. The van der Waals surface area contributed by atoms with Crippen molar-refractivity contribution >= 4 is 5.95 Å². The first-order chi connectivity index (χ1) is 7.33. The minimum absolute atomic E-state index is 0.0189. The lowest BCUT2D eigenvalue weighted by atomic mass is 9.95. The molecular weight excluding hydrogens is 223 g/mol. The molecule has 1 aliphatic rings. The topological polar surface area (TPSA) is 46.9 Å². The van der Waals surface area contributed by atoms with Gasteiger partial charge in [-0.05, 0) is 13.3 Å². The summed E-state index contributed by atoms with van der Waals surface area (Å²) in [5.41, 5.74) is -2.37. The zero-order chi connectivity index (χ0) is 12.0.